The number of H-pyrrole nitrogens is 1. The monoisotopic (exact) mass is 370 g/mol. The molecule has 2 heterocycles. The van der Waals surface area contributed by atoms with E-state index >= 15 is 0 Å². The molecular formula is C18H22N6O3. The number of hydrogen-bond acceptors (Lipinski definition) is 6. The molecule has 9 nitrogen and oxygen atoms in total. The van der Waals surface area contributed by atoms with Gasteiger partial charge >= 0.3 is 0 Å². The lowest BCUT2D eigenvalue weighted by Gasteiger charge is -2.11. The van der Waals surface area contributed by atoms with Crippen LogP contribution in [0.5, 0.6) is 11.5 Å². The molecule has 0 spiro atoms. The molecule has 3 N–H and O–H groups in total. The van der Waals surface area contributed by atoms with Crippen LogP contribution in [0.15, 0.2) is 52.1 Å². The van der Waals surface area contributed by atoms with Gasteiger partial charge < -0.3 is 24.5 Å². The van der Waals surface area contributed by atoms with Crippen molar-refractivity contribution in [1.29, 1.82) is 0 Å². The second-order valence-electron chi connectivity index (χ2n) is 5.46. The summed E-state index contributed by atoms with van der Waals surface area (Å²) in [6, 6.07) is 11.1. The highest BCUT2D eigenvalue weighted by Gasteiger charge is 2.08. The molecule has 0 atom stereocenters. The summed E-state index contributed by atoms with van der Waals surface area (Å²) in [7, 11) is 3.34. The number of hydrogen-bond donors (Lipinski definition) is 3. The number of guanidine groups is 1. The van der Waals surface area contributed by atoms with Crippen molar-refractivity contribution >= 4 is 5.96 Å². The van der Waals surface area contributed by atoms with Gasteiger partial charge in [0.1, 0.15) is 23.9 Å². The third-order valence-electron chi connectivity index (χ3n) is 3.64. The molecular weight excluding hydrogens is 348 g/mol. The molecule has 0 saturated heterocycles. The van der Waals surface area contributed by atoms with E-state index in [4.69, 9.17) is 13.9 Å². The maximum absolute atomic E-state index is 5.67. The zero-order valence-electron chi connectivity index (χ0n) is 15.2. The van der Waals surface area contributed by atoms with E-state index in [1.807, 2.05) is 30.3 Å². The molecule has 0 radical (unpaired) electrons. The number of furan rings is 1. The molecule has 0 saturated carbocycles. The van der Waals surface area contributed by atoms with Gasteiger partial charge in [-0.2, -0.15) is 0 Å². The normalized spacial score (nSPS) is 11.3. The van der Waals surface area contributed by atoms with Gasteiger partial charge in [-0.25, -0.2) is 4.98 Å². The smallest absolute Gasteiger partial charge is 0.216 e. The Hall–Kier alpha value is -3.49. The Kier molecular flexibility index (Phi) is 6.29. The predicted molar refractivity (Wildman–Crippen MR) is 101 cm³/mol. The van der Waals surface area contributed by atoms with Crippen LogP contribution in [0.3, 0.4) is 0 Å². The van der Waals surface area contributed by atoms with Crippen LogP contribution in [0.1, 0.15) is 5.82 Å². The Balaban J connectivity index is 1.39. The lowest BCUT2D eigenvalue weighted by Crippen LogP contribution is -2.39. The highest BCUT2D eigenvalue weighted by Crippen LogP contribution is 2.16. The summed E-state index contributed by atoms with van der Waals surface area (Å²) >= 11 is 0. The molecule has 142 valence electrons. The van der Waals surface area contributed by atoms with Crippen LogP contribution >= 0.6 is 0 Å². The minimum absolute atomic E-state index is 0.451. The minimum Gasteiger partial charge on any atom is -0.497 e. The second kappa shape index (κ2) is 9.27. The van der Waals surface area contributed by atoms with Crippen molar-refractivity contribution in [1.82, 2.24) is 25.8 Å². The summed E-state index contributed by atoms with van der Waals surface area (Å²) in [4.78, 5) is 8.54. The first-order valence-electron chi connectivity index (χ1n) is 8.45. The van der Waals surface area contributed by atoms with E-state index in [1.165, 1.54) is 0 Å². The van der Waals surface area contributed by atoms with E-state index in [0.717, 1.165) is 11.5 Å². The van der Waals surface area contributed by atoms with Gasteiger partial charge in [-0.15, -0.1) is 5.10 Å². The average Bonchev–Trinajstić information content (AvgIpc) is 3.39. The molecule has 9 heteroatoms. The van der Waals surface area contributed by atoms with Gasteiger partial charge in [0.15, 0.2) is 11.7 Å². The first-order valence-corrected chi connectivity index (χ1v) is 8.45. The third-order valence-corrected chi connectivity index (χ3v) is 3.64. The van der Waals surface area contributed by atoms with Gasteiger partial charge in [-0.3, -0.25) is 10.1 Å². The van der Waals surface area contributed by atoms with Crippen molar-refractivity contribution in [2.45, 2.75) is 6.54 Å². The number of ether oxygens (including phenoxy) is 2. The molecule has 0 bridgehead atoms. The highest BCUT2D eigenvalue weighted by atomic mass is 16.5. The van der Waals surface area contributed by atoms with E-state index in [2.05, 4.69) is 30.8 Å². The summed E-state index contributed by atoms with van der Waals surface area (Å²) in [5.41, 5.74) is 0. The zero-order valence-corrected chi connectivity index (χ0v) is 15.2. The van der Waals surface area contributed by atoms with E-state index in [0.29, 0.717) is 43.1 Å². The van der Waals surface area contributed by atoms with E-state index in [9.17, 15) is 0 Å². The quantitative estimate of drug-likeness (QED) is 0.315. The molecule has 1 aromatic carbocycles. The molecule has 3 rings (SSSR count). The largest absolute Gasteiger partial charge is 0.497 e. The molecule has 0 unspecified atom stereocenters. The van der Waals surface area contributed by atoms with Crippen LogP contribution in [0.2, 0.25) is 0 Å². The number of benzene rings is 1. The van der Waals surface area contributed by atoms with Gasteiger partial charge in [0.2, 0.25) is 5.82 Å². The molecule has 0 aliphatic rings. The fraction of sp³-hybridized carbons (Fsp3) is 0.278. The van der Waals surface area contributed by atoms with E-state index < -0.39 is 0 Å². The lowest BCUT2D eigenvalue weighted by atomic mass is 10.3. The number of aliphatic imine (C=N–C) groups is 1. The van der Waals surface area contributed by atoms with Gasteiger partial charge in [0.25, 0.3) is 0 Å². The maximum Gasteiger partial charge on any atom is 0.216 e. The Bertz CT molecular complexity index is 842. The summed E-state index contributed by atoms with van der Waals surface area (Å²) in [6.45, 7) is 1.55. The predicted octanol–water partition coefficient (Wildman–Crippen LogP) is 1.82. The Morgan fingerprint density at radius 1 is 1.19 bits per heavy atom. The maximum atomic E-state index is 5.67. The first kappa shape index (κ1) is 18.3. The molecule has 0 aliphatic heterocycles. The Morgan fingerprint density at radius 3 is 2.70 bits per heavy atom. The summed E-state index contributed by atoms with van der Waals surface area (Å²) in [5.74, 6) is 4.05. The van der Waals surface area contributed by atoms with Crippen molar-refractivity contribution in [2.24, 2.45) is 4.99 Å². The zero-order chi connectivity index (χ0) is 18.9. The number of aromatic nitrogens is 3. The van der Waals surface area contributed by atoms with Gasteiger partial charge in [-0.1, -0.05) is 0 Å². The van der Waals surface area contributed by atoms with Crippen LogP contribution in [-0.4, -0.2) is 48.5 Å². The van der Waals surface area contributed by atoms with Crippen molar-refractivity contribution in [3.05, 3.63) is 48.5 Å². The second-order valence-corrected chi connectivity index (χ2v) is 5.46. The van der Waals surface area contributed by atoms with Crippen molar-refractivity contribution in [2.75, 3.05) is 27.3 Å². The van der Waals surface area contributed by atoms with Crippen molar-refractivity contribution < 1.29 is 13.9 Å². The summed E-state index contributed by atoms with van der Waals surface area (Å²) < 4.78 is 16.1. The molecule has 3 aromatic rings. The number of rotatable bonds is 8. The van der Waals surface area contributed by atoms with Crippen molar-refractivity contribution in [3.63, 3.8) is 0 Å². The fourth-order valence-corrected chi connectivity index (χ4v) is 2.29. The van der Waals surface area contributed by atoms with Crippen LogP contribution < -0.4 is 20.1 Å². The Labute approximate surface area is 156 Å². The number of nitrogens with one attached hydrogen (secondary N) is 3. The lowest BCUT2D eigenvalue weighted by molar-refractivity contribution is 0.321. The molecule has 0 aliphatic carbocycles. The minimum atomic E-state index is 0.451. The molecule has 0 amide bonds. The first-order chi connectivity index (χ1) is 13.3. The summed E-state index contributed by atoms with van der Waals surface area (Å²) in [6.07, 6.45) is 1.59. The Morgan fingerprint density at radius 2 is 2.00 bits per heavy atom. The van der Waals surface area contributed by atoms with E-state index in [1.54, 1.807) is 26.5 Å². The highest BCUT2D eigenvalue weighted by molar-refractivity contribution is 5.79. The van der Waals surface area contributed by atoms with Crippen molar-refractivity contribution in [3.8, 4) is 23.1 Å². The van der Waals surface area contributed by atoms with Gasteiger partial charge in [-0.05, 0) is 36.4 Å². The third kappa shape index (κ3) is 5.24. The fourth-order valence-electron chi connectivity index (χ4n) is 2.29. The number of nitrogens with zero attached hydrogens (tertiary/aromatic N) is 3. The molecule has 2 aromatic heterocycles. The summed E-state index contributed by atoms with van der Waals surface area (Å²) in [5, 5.41) is 13.3. The van der Waals surface area contributed by atoms with E-state index in [-0.39, 0.29) is 0 Å². The van der Waals surface area contributed by atoms with Crippen LogP contribution in [0.25, 0.3) is 11.6 Å². The molecule has 27 heavy (non-hydrogen) atoms. The van der Waals surface area contributed by atoms with Gasteiger partial charge in [0, 0.05) is 7.05 Å². The SMILES string of the molecule is CN=C(NCCOc1ccc(OC)cc1)NCc1nc(-c2ccco2)n[nH]1. The van der Waals surface area contributed by atoms with Gasteiger partial charge in [0.05, 0.1) is 26.5 Å². The van der Waals surface area contributed by atoms with Crippen LogP contribution in [0, 0.1) is 0 Å². The van der Waals surface area contributed by atoms with Crippen LogP contribution in [0.4, 0.5) is 0 Å². The standard InChI is InChI=1S/C18H22N6O3/c1-19-18(20-9-11-26-14-7-5-13(25-2)6-8-14)21-12-16-22-17(24-23-16)15-4-3-10-27-15/h3-8,10H,9,11-12H2,1-2H3,(H2,19,20,21)(H,22,23,24). The number of aromatic amines is 1. The number of methoxy groups -OCH3 is 1. The molecule has 0 fully saturated rings. The van der Waals surface area contributed by atoms with Crippen LogP contribution in [-0.2, 0) is 6.54 Å². The average molecular weight is 370 g/mol. The topological polar surface area (TPSA) is 110 Å².